The molecule has 72 valence electrons. The third-order valence-corrected chi connectivity index (χ3v) is 1.44. The van der Waals surface area contributed by atoms with Crippen LogP contribution in [0.1, 0.15) is 26.7 Å². The molecule has 0 aliphatic rings. The average Bonchev–Trinajstić information content (AvgIpc) is 1.84. The van der Waals surface area contributed by atoms with Gasteiger partial charge in [0, 0.05) is 25.2 Å². The molecule has 0 saturated heterocycles. The van der Waals surface area contributed by atoms with Gasteiger partial charge in [0.15, 0.2) is 0 Å². The van der Waals surface area contributed by atoms with Crippen LogP contribution < -0.4 is 0 Å². The van der Waals surface area contributed by atoms with Gasteiger partial charge in [-0.3, -0.25) is 14.9 Å². The van der Waals surface area contributed by atoms with Crippen molar-refractivity contribution < 1.29 is 14.8 Å². The lowest BCUT2D eigenvalue weighted by Crippen LogP contribution is -2.31. The summed E-state index contributed by atoms with van der Waals surface area (Å²) in [5.74, 6) is -1.00. The van der Waals surface area contributed by atoms with Gasteiger partial charge in [0.1, 0.15) is 0 Å². The number of hydrogen-bond acceptors (Lipinski definition) is 3. The van der Waals surface area contributed by atoms with Crippen molar-refractivity contribution in [2.75, 3.05) is 0 Å². The molecule has 12 heavy (non-hydrogen) atoms. The highest BCUT2D eigenvalue weighted by atomic mass is 35.5. The number of hydrogen-bond donors (Lipinski definition) is 1. The van der Waals surface area contributed by atoms with E-state index in [4.69, 9.17) is 5.11 Å². The number of carboxylic acids is 1. The van der Waals surface area contributed by atoms with Gasteiger partial charge < -0.3 is 5.11 Å². The van der Waals surface area contributed by atoms with Gasteiger partial charge in [0.2, 0.25) is 5.54 Å². The zero-order valence-corrected chi connectivity index (χ0v) is 7.76. The maximum absolute atomic E-state index is 10.2. The second-order valence-corrected chi connectivity index (χ2v) is 2.96. The van der Waals surface area contributed by atoms with E-state index in [1.165, 1.54) is 13.8 Å². The van der Waals surface area contributed by atoms with E-state index < -0.39 is 16.4 Å². The molecule has 1 N–H and O–H groups in total. The van der Waals surface area contributed by atoms with E-state index >= 15 is 0 Å². The lowest BCUT2D eigenvalue weighted by atomic mass is 10.00. The third kappa shape index (κ3) is 4.90. The summed E-state index contributed by atoms with van der Waals surface area (Å²) in [6.45, 7) is 2.83. The van der Waals surface area contributed by atoms with Gasteiger partial charge in [-0.15, -0.1) is 12.4 Å². The molecule has 0 saturated carbocycles. The third-order valence-electron chi connectivity index (χ3n) is 1.44. The molecule has 0 aromatic carbocycles. The molecule has 0 rings (SSSR count). The van der Waals surface area contributed by atoms with Crippen LogP contribution in [-0.2, 0) is 4.79 Å². The molecular weight excluding hydrogens is 186 g/mol. The van der Waals surface area contributed by atoms with Crippen LogP contribution in [0.15, 0.2) is 0 Å². The molecule has 0 heterocycles. The lowest BCUT2D eigenvalue weighted by molar-refractivity contribution is -0.561. The number of aliphatic carboxylic acids is 1. The molecule has 0 atom stereocenters. The average molecular weight is 198 g/mol. The normalized spacial score (nSPS) is 10.2. The van der Waals surface area contributed by atoms with Crippen molar-refractivity contribution in [2.45, 2.75) is 32.2 Å². The van der Waals surface area contributed by atoms with E-state index in [0.717, 1.165) is 0 Å². The Morgan fingerprint density at radius 2 is 2.00 bits per heavy atom. The monoisotopic (exact) mass is 197 g/mol. The molecule has 0 unspecified atom stereocenters. The zero-order valence-electron chi connectivity index (χ0n) is 6.94. The number of nitrogens with zero attached hydrogens (tertiary/aromatic N) is 1. The summed E-state index contributed by atoms with van der Waals surface area (Å²) < 4.78 is 0. The van der Waals surface area contributed by atoms with Gasteiger partial charge in [0.05, 0.1) is 6.42 Å². The Bertz CT molecular complexity index is 180. The fraction of sp³-hybridized carbons (Fsp3) is 0.833. The van der Waals surface area contributed by atoms with Crippen molar-refractivity contribution in [3.05, 3.63) is 10.1 Å². The van der Waals surface area contributed by atoms with Crippen LogP contribution in [-0.4, -0.2) is 21.5 Å². The van der Waals surface area contributed by atoms with Gasteiger partial charge in [-0.05, 0) is 0 Å². The number of nitro groups is 1. The van der Waals surface area contributed by atoms with Crippen LogP contribution >= 0.6 is 12.4 Å². The number of halogens is 1. The lowest BCUT2D eigenvalue weighted by Gasteiger charge is -2.13. The highest BCUT2D eigenvalue weighted by molar-refractivity contribution is 5.85. The van der Waals surface area contributed by atoms with E-state index in [0.29, 0.717) is 0 Å². The fourth-order valence-electron chi connectivity index (χ4n) is 0.504. The summed E-state index contributed by atoms with van der Waals surface area (Å²) >= 11 is 0. The molecule has 0 amide bonds. The molecular formula is C6H12ClNO4. The summed E-state index contributed by atoms with van der Waals surface area (Å²) in [5.41, 5.74) is -1.13. The summed E-state index contributed by atoms with van der Waals surface area (Å²) in [4.78, 5) is 19.8. The molecule has 0 radical (unpaired) electrons. The van der Waals surface area contributed by atoms with Crippen molar-refractivity contribution in [1.29, 1.82) is 0 Å². The van der Waals surface area contributed by atoms with Crippen molar-refractivity contribution in [3.8, 4) is 0 Å². The van der Waals surface area contributed by atoms with Crippen molar-refractivity contribution in [3.63, 3.8) is 0 Å². The quantitative estimate of drug-likeness (QED) is 0.545. The Hall–Kier alpha value is -0.840. The first-order chi connectivity index (χ1) is 4.86. The topological polar surface area (TPSA) is 80.4 Å². The van der Waals surface area contributed by atoms with Crippen LogP contribution in [0.5, 0.6) is 0 Å². The summed E-state index contributed by atoms with van der Waals surface area (Å²) in [7, 11) is 0. The first-order valence-corrected chi connectivity index (χ1v) is 3.22. The summed E-state index contributed by atoms with van der Waals surface area (Å²) in [6.07, 6.45) is -0.0939. The Morgan fingerprint density at radius 1 is 1.58 bits per heavy atom. The van der Waals surface area contributed by atoms with E-state index in [1.807, 2.05) is 0 Å². The highest BCUT2D eigenvalue weighted by Gasteiger charge is 2.30. The predicted molar refractivity (Wildman–Crippen MR) is 45.2 cm³/mol. The standard InChI is InChI=1S/C6H11NO4.ClH/c1-6(2,7(10)11)4-3-5(8)9;/h3-4H2,1-2H3,(H,8,9);1H. The molecule has 0 fully saturated rings. The van der Waals surface area contributed by atoms with Crippen molar-refractivity contribution in [2.24, 2.45) is 0 Å². The maximum Gasteiger partial charge on any atom is 0.303 e. The number of carbonyl (C=O) groups is 1. The van der Waals surface area contributed by atoms with Gasteiger partial charge in [-0.1, -0.05) is 0 Å². The van der Waals surface area contributed by atoms with Crippen LogP contribution in [0.3, 0.4) is 0 Å². The van der Waals surface area contributed by atoms with Gasteiger partial charge in [-0.2, -0.15) is 0 Å². The van der Waals surface area contributed by atoms with E-state index in [1.54, 1.807) is 0 Å². The SMILES string of the molecule is CC(C)(CCC(=O)O)[N+](=O)[O-].Cl. The van der Waals surface area contributed by atoms with E-state index in [-0.39, 0.29) is 25.2 Å². The summed E-state index contributed by atoms with van der Waals surface area (Å²) in [6, 6.07) is 0. The van der Waals surface area contributed by atoms with Gasteiger partial charge >= 0.3 is 5.97 Å². The highest BCUT2D eigenvalue weighted by Crippen LogP contribution is 2.14. The molecule has 5 nitrogen and oxygen atoms in total. The van der Waals surface area contributed by atoms with Crippen LogP contribution in [0.25, 0.3) is 0 Å². The first kappa shape index (κ1) is 13.7. The minimum absolute atomic E-state index is 0. The molecule has 0 aliphatic carbocycles. The minimum atomic E-state index is -1.13. The Kier molecular flexibility index (Phi) is 5.63. The molecule has 6 heteroatoms. The van der Waals surface area contributed by atoms with Crippen LogP contribution in [0, 0.1) is 10.1 Å². The van der Waals surface area contributed by atoms with Crippen LogP contribution in [0.4, 0.5) is 0 Å². The molecule has 0 aromatic rings. The molecule has 0 aliphatic heterocycles. The minimum Gasteiger partial charge on any atom is -0.481 e. The molecule has 0 aromatic heterocycles. The second kappa shape index (κ2) is 4.92. The van der Waals surface area contributed by atoms with Crippen LogP contribution in [0.2, 0.25) is 0 Å². The van der Waals surface area contributed by atoms with Crippen molar-refractivity contribution >= 4 is 18.4 Å². The Balaban J connectivity index is 0. The number of rotatable bonds is 4. The largest absolute Gasteiger partial charge is 0.481 e. The summed E-state index contributed by atoms with van der Waals surface area (Å²) in [5, 5.41) is 18.5. The Morgan fingerprint density at radius 3 is 2.25 bits per heavy atom. The molecule has 0 bridgehead atoms. The van der Waals surface area contributed by atoms with E-state index in [2.05, 4.69) is 0 Å². The zero-order chi connectivity index (χ0) is 9.07. The fourth-order valence-corrected chi connectivity index (χ4v) is 0.504. The maximum atomic E-state index is 10.2. The van der Waals surface area contributed by atoms with Crippen molar-refractivity contribution in [1.82, 2.24) is 0 Å². The van der Waals surface area contributed by atoms with Gasteiger partial charge in [-0.25, -0.2) is 0 Å². The molecule has 0 spiro atoms. The Labute approximate surface area is 76.3 Å². The first-order valence-electron chi connectivity index (χ1n) is 3.22. The number of carboxylic acid groups (broad SMARTS) is 1. The van der Waals surface area contributed by atoms with Gasteiger partial charge in [0.25, 0.3) is 0 Å². The smallest absolute Gasteiger partial charge is 0.303 e. The second-order valence-electron chi connectivity index (χ2n) is 2.96. The van der Waals surface area contributed by atoms with E-state index in [9.17, 15) is 14.9 Å². The predicted octanol–water partition coefficient (Wildman–Crippen LogP) is 1.33.